The van der Waals surface area contributed by atoms with Crippen molar-refractivity contribution in [3.8, 4) is 11.5 Å². The highest BCUT2D eigenvalue weighted by atomic mass is 19.2. The van der Waals surface area contributed by atoms with Crippen LogP contribution in [-0.2, 0) is 36.9 Å². The number of carboxylic acid groups (broad SMARTS) is 1. The molecule has 4 aromatic rings. The summed E-state index contributed by atoms with van der Waals surface area (Å²) in [5.41, 5.74) is 1.75. The van der Waals surface area contributed by atoms with Crippen molar-refractivity contribution in [2.45, 2.75) is 32.0 Å². The molecule has 10 nitrogen and oxygen atoms in total. The summed E-state index contributed by atoms with van der Waals surface area (Å²) in [5.74, 6) is -31.2. The highest BCUT2D eigenvalue weighted by Gasteiger charge is 2.30. The average molecular weight is 807 g/mol. The second kappa shape index (κ2) is 20.5. The Hall–Kier alpha value is -6.18. The molecule has 4 aromatic carbocycles. The smallest absolute Gasteiger partial charge is 0.328 e. The number of Topliss-reactive ketones (excluding diaryl/α,β-unsaturated/α-hetero) is 1. The molecule has 0 saturated carbocycles. The van der Waals surface area contributed by atoms with Crippen LogP contribution in [0, 0.1) is 58.2 Å². The molecule has 4 rings (SSSR count). The van der Waals surface area contributed by atoms with E-state index in [-0.39, 0.29) is 25.5 Å². The van der Waals surface area contributed by atoms with Gasteiger partial charge in [-0.3, -0.25) is 14.4 Å². The Kier molecular flexibility index (Phi) is 16.2. The van der Waals surface area contributed by atoms with Crippen LogP contribution >= 0.6 is 0 Å². The zero-order valence-corrected chi connectivity index (χ0v) is 28.5. The van der Waals surface area contributed by atoms with E-state index in [2.05, 4.69) is 20.1 Å². The number of benzene rings is 4. The van der Waals surface area contributed by atoms with Crippen molar-refractivity contribution < 1.29 is 82.4 Å². The molecule has 0 aliphatic rings. The fourth-order valence-electron chi connectivity index (χ4n) is 4.39. The molecule has 0 aliphatic carbocycles. The fourth-order valence-corrected chi connectivity index (χ4v) is 4.39. The van der Waals surface area contributed by atoms with Gasteiger partial charge in [0.05, 0.1) is 13.2 Å². The van der Waals surface area contributed by atoms with E-state index in [1.165, 1.54) is 6.92 Å². The van der Waals surface area contributed by atoms with E-state index in [4.69, 9.17) is 4.74 Å². The molecule has 0 bridgehead atoms. The van der Waals surface area contributed by atoms with Crippen molar-refractivity contribution in [1.29, 1.82) is 0 Å². The van der Waals surface area contributed by atoms with Gasteiger partial charge in [-0.1, -0.05) is 60.7 Å². The summed E-state index contributed by atoms with van der Waals surface area (Å²) in [4.78, 5) is 47.0. The first kappa shape index (κ1) is 44.2. The van der Waals surface area contributed by atoms with Crippen LogP contribution in [0.4, 0.5) is 43.9 Å². The van der Waals surface area contributed by atoms with E-state index in [9.17, 15) is 68.2 Å². The van der Waals surface area contributed by atoms with E-state index < -0.39 is 113 Å². The first-order chi connectivity index (χ1) is 26.4. The SMILES string of the molecule is CC(=O)N[C@@H](Cc1ccccc1)C(=O)N[C@@H](COCc1ccccc1)C(=O)O.O=C(COc1c(F)c(F)c(F)c(F)c1F)COc1c(F)c(F)c(F)c(F)c1F. The first-order valence-electron chi connectivity index (χ1n) is 15.7. The van der Waals surface area contributed by atoms with Crippen LogP contribution < -0.4 is 20.1 Å². The maximum Gasteiger partial charge on any atom is 0.328 e. The summed E-state index contributed by atoms with van der Waals surface area (Å²) in [6.07, 6.45) is 0.253. The highest BCUT2D eigenvalue weighted by Crippen LogP contribution is 2.30. The Morgan fingerprint density at radius 1 is 0.571 bits per heavy atom. The molecule has 2 amide bonds. The predicted molar refractivity (Wildman–Crippen MR) is 172 cm³/mol. The van der Waals surface area contributed by atoms with Crippen LogP contribution in [-0.4, -0.2) is 60.6 Å². The molecule has 0 saturated heterocycles. The minimum absolute atomic E-state index is 0.186. The van der Waals surface area contributed by atoms with Crippen molar-refractivity contribution in [3.63, 3.8) is 0 Å². The number of carbonyl (C=O) groups is 4. The van der Waals surface area contributed by atoms with Gasteiger partial charge >= 0.3 is 5.97 Å². The van der Waals surface area contributed by atoms with Gasteiger partial charge in [0, 0.05) is 13.3 Å². The Morgan fingerprint density at radius 3 is 1.36 bits per heavy atom. The molecular weight excluding hydrogens is 778 g/mol. The lowest BCUT2D eigenvalue weighted by Crippen LogP contribution is -2.53. The third-order valence-corrected chi connectivity index (χ3v) is 7.08. The van der Waals surface area contributed by atoms with E-state index in [1.807, 2.05) is 60.7 Å². The number of nitrogens with one attached hydrogen (secondary N) is 2. The molecule has 0 aromatic heterocycles. The molecule has 0 heterocycles. The number of hydrogen-bond donors (Lipinski definition) is 3. The molecule has 0 unspecified atom stereocenters. The molecule has 0 radical (unpaired) electrons. The van der Waals surface area contributed by atoms with Gasteiger partial charge in [0.25, 0.3) is 0 Å². The van der Waals surface area contributed by atoms with Gasteiger partial charge in [0.15, 0.2) is 30.8 Å². The summed E-state index contributed by atoms with van der Waals surface area (Å²) in [6.45, 7) is -1.49. The lowest BCUT2D eigenvalue weighted by molar-refractivity contribution is -0.144. The Balaban J connectivity index is 0.000000300. The molecule has 2 atom stereocenters. The number of halogens is 10. The quantitative estimate of drug-likeness (QED) is 0.0754. The number of rotatable bonds is 16. The van der Waals surface area contributed by atoms with Crippen molar-refractivity contribution in [3.05, 3.63) is 130 Å². The lowest BCUT2D eigenvalue weighted by Gasteiger charge is -2.21. The van der Waals surface area contributed by atoms with Crippen LogP contribution in [0.1, 0.15) is 18.1 Å². The van der Waals surface area contributed by atoms with Gasteiger partial charge < -0.3 is 30.0 Å². The zero-order valence-electron chi connectivity index (χ0n) is 28.5. The third-order valence-electron chi connectivity index (χ3n) is 7.08. The summed E-state index contributed by atoms with van der Waals surface area (Å²) in [7, 11) is 0. The maximum atomic E-state index is 13.3. The number of hydrogen-bond acceptors (Lipinski definition) is 7. The molecule has 3 N–H and O–H groups in total. The Morgan fingerprint density at radius 2 is 0.964 bits per heavy atom. The lowest BCUT2D eigenvalue weighted by atomic mass is 10.0. The first-order valence-corrected chi connectivity index (χ1v) is 15.7. The van der Waals surface area contributed by atoms with Crippen LogP contribution in [0.5, 0.6) is 11.5 Å². The average Bonchev–Trinajstić information content (AvgIpc) is 3.17. The summed E-state index contributed by atoms with van der Waals surface area (Å²) in [6, 6.07) is 16.4. The second-order valence-electron chi connectivity index (χ2n) is 11.3. The Labute approximate surface area is 310 Å². The molecule has 0 aliphatic heterocycles. The number of carbonyl (C=O) groups excluding carboxylic acids is 3. The van der Waals surface area contributed by atoms with Crippen molar-refractivity contribution in [1.82, 2.24) is 10.6 Å². The highest BCUT2D eigenvalue weighted by molar-refractivity contribution is 5.90. The number of ether oxygens (including phenoxy) is 3. The molecule has 20 heteroatoms. The van der Waals surface area contributed by atoms with E-state index in [0.717, 1.165) is 11.1 Å². The number of amides is 2. The molecule has 56 heavy (non-hydrogen) atoms. The van der Waals surface area contributed by atoms with Crippen LogP contribution in [0.3, 0.4) is 0 Å². The van der Waals surface area contributed by atoms with Gasteiger partial charge in [0.2, 0.25) is 75.8 Å². The predicted octanol–water partition coefficient (Wildman–Crippen LogP) is 5.62. The monoisotopic (exact) mass is 806 g/mol. The van der Waals surface area contributed by atoms with Gasteiger partial charge in [-0.05, 0) is 11.1 Å². The van der Waals surface area contributed by atoms with Crippen molar-refractivity contribution in [2.24, 2.45) is 0 Å². The van der Waals surface area contributed by atoms with Crippen LogP contribution in [0.15, 0.2) is 60.7 Å². The van der Waals surface area contributed by atoms with Gasteiger partial charge in [-0.15, -0.1) is 0 Å². The van der Waals surface area contributed by atoms with Gasteiger partial charge in [-0.25, -0.2) is 31.1 Å². The van der Waals surface area contributed by atoms with Gasteiger partial charge in [-0.2, -0.15) is 17.6 Å². The van der Waals surface area contributed by atoms with Gasteiger partial charge in [0.1, 0.15) is 6.04 Å². The maximum absolute atomic E-state index is 13.3. The molecule has 0 spiro atoms. The minimum Gasteiger partial charge on any atom is -0.480 e. The molecular formula is C36H28F10N2O8. The van der Waals surface area contributed by atoms with Crippen LogP contribution in [0.2, 0.25) is 0 Å². The zero-order chi connectivity index (χ0) is 41.7. The normalized spacial score (nSPS) is 11.8. The summed E-state index contributed by atoms with van der Waals surface area (Å²) < 4.78 is 145. The third kappa shape index (κ3) is 11.9. The fraction of sp³-hybridized carbons (Fsp3) is 0.222. The summed E-state index contributed by atoms with van der Waals surface area (Å²) in [5, 5.41) is 14.4. The van der Waals surface area contributed by atoms with Crippen molar-refractivity contribution in [2.75, 3.05) is 19.8 Å². The van der Waals surface area contributed by atoms with Crippen LogP contribution in [0.25, 0.3) is 0 Å². The van der Waals surface area contributed by atoms with E-state index in [0.29, 0.717) is 0 Å². The minimum atomic E-state index is -2.48. The number of aliphatic carboxylic acids is 1. The standard InChI is InChI=1S/C21H24N2O5.C15H4F10O3/c1-15(24)22-18(12-16-8-4-2-5-9-16)20(25)23-19(21(26)27)14-28-13-17-10-6-3-7-11-17;16-4-6(18)10(22)14(11(23)7(4)19)27-1-3(26)2-28-15-12(24)8(20)5(17)9(21)13(15)25/h2-11,18-19H,12-14H2,1H3,(H,22,24)(H,23,25)(H,26,27);1-2H2/t18-,19-;/m0./s1. The van der Waals surface area contributed by atoms with Crippen molar-refractivity contribution >= 4 is 23.6 Å². The summed E-state index contributed by atoms with van der Waals surface area (Å²) >= 11 is 0. The topological polar surface area (TPSA) is 140 Å². The van der Waals surface area contributed by atoms with E-state index in [1.54, 1.807) is 0 Å². The Bertz CT molecular complexity index is 1910. The largest absolute Gasteiger partial charge is 0.480 e. The van der Waals surface area contributed by atoms with E-state index >= 15 is 0 Å². The number of carboxylic acids is 1. The second-order valence-corrected chi connectivity index (χ2v) is 11.3. The molecule has 300 valence electrons. The molecule has 0 fully saturated rings. The number of ketones is 1.